The van der Waals surface area contributed by atoms with Crippen molar-refractivity contribution in [1.29, 1.82) is 0 Å². The smallest absolute Gasteiger partial charge is 0.315 e. The van der Waals surface area contributed by atoms with Gasteiger partial charge in [0.05, 0.1) is 28.6 Å². The zero-order chi connectivity index (χ0) is 26.4. The molecule has 0 radical (unpaired) electrons. The Morgan fingerprint density at radius 3 is 2.00 bits per heavy atom. The van der Waals surface area contributed by atoms with Crippen molar-refractivity contribution >= 4 is 28.8 Å². The van der Waals surface area contributed by atoms with E-state index in [1.165, 1.54) is 9.79 Å². The number of carbonyl (C=O) groups is 3. The summed E-state index contributed by atoms with van der Waals surface area (Å²) >= 11 is 0. The predicted molar refractivity (Wildman–Crippen MR) is 140 cm³/mol. The summed E-state index contributed by atoms with van der Waals surface area (Å²) in [5, 5.41) is 0. The summed E-state index contributed by atoms with van der Waals surface area (Å²) < 4.78 is 17.1. The summed E-state index contributed by atoms with van der Waals surface area (Å²) in [5.74, 6) is -2.70. The summed E-state index contributed by atoms with van der Waals surface area (Å²) in [4.78, 5) is 41.8. The fourth-order valence-corrected chi connectivity index (χ4v) is 8.17. The van der Waals surface area contributed by atoms with Crippen molar-refractivity contribution in [3.8, 4) is 5.75 Å². The molecule has 2 saturated carbocycles. The lowest BCUT2D eigenvalue weighted by Gasteiger charge is -2.30. The molecule has 3 aromatic rings. The molecule has 194 valence electrons. The van der Waals surface area contributed by atoms with Gasteiger partial charge in [-0.2, -0.15) is 0 Å². The topological polar surface area (TPSA) is 78.9 Å². The Hall–Kier alpha value is -3.58. The Kier molecular flexibility index (Phi) is 6.48. The molecule has 6 nitrogen and oxygen atoms in total. The zero-order valence-corrected chi connectivity index (χ0v) is 22.0. The lowest BCUT2D eigenvalue weighted by Crippen LogP contribution is -2.44. The normalized spacial score (nSPS) is 27.0. The highest BCUT2D eigenvalue weighted by molar-refractivity contribution is 7.97. The van der Waals surface area contributed by atoms with Crippen LogP contribution in [0.4, 0.5) is 0 Å². The van der Waals surface area contributed by atoms with Gasteiger partial charge in [0.2, 0.25) is 0 Å². The molecule has 1 saturated heterocycles. The summed E-state index contributed by atoms with van der Waals surface area (Å²) in [5.41, 5.74) is 0. The van der Waals surface area contributed by atoms with Crippen molar-refractivity contribution < 1.29 is 28.6 Å². The first-order valence-electron chi connectivity index (χ1n) is 13.0. The van der Waals surface area contributed by atoms with Crippen LogP contribution >= 0.6 is 0 Å². The number of rotatable bonds is 7. The van der Waals surface area contributed by atoms with E-state index in [-0.39, 0.29) is 34.6 Å². The van der Waals surface area contributed by atoms with E-state index in [1.807, 2.05) is 48.5 Å². The van der Waals surface area contributed by atoms with Gasteiger partial charge in [-0.1, -0.05) is 50.2 Å². The second-order valence-corrected chi connectivity index (χ2v) is 12.4. The average molecular weight is 530 g/mol. The van der Waals surface area contributed by atoms with Crippen LogP contribution in [-0.2, 0) is 34.8 Å². The highest BCUT2D eigenvalue weighted by Crippen LogP contribution is 2.59. The number of benzene rings is 3. The molecular formula is C31H29O6S+. The molecule has 38 heavy (non-hydrogen) atoms. The molecule has 0 N–H and O–H groups in total. The maximum Gasteiger partial charge on any atom is 0.315 e. The first-order chi connectivity index (χ1) is 18.4. The molecule has 6 atom stereocenters. The van der Waals surface area contributed by atoms with E-state index < -0.39 is 36.0 Å². The first kappa shape index (κ1) is 24.7. The summed E-state index contributed by atoms with van der Waals surface area (Å²) in [6, 6.07) is 28.2. The molecule has 3 aliphatic rings. The van der Waals surface area contributed by atoms with E-state index in [9.17, 15) is 14.4 Å². The Morgan fingerprint density at radius 1 is 0.842 bits per heavy atom. The molecule has 0 spiro atoms. The minimum atomic E-state index is -0.681. The molecule has 2 aliphatic carbocycles. The standard InChI is InChI=1S/C31H29O6S/c1-18(2)29(32)36-27-23-17-24-26(31(34)37-28(24)27)25(23)30(33)35-19-13-15-22(16-14-19)38(20-9-5-3-6-10-20)21-11-7-4-8-12-21/h3-16,18,23-28H,17H2,1-2H3/q+1. The van der Waals surface area contributed by atoms with Gasteiger partial charge in [-0.15, -0.1) is 0 Å². The van der Waals surface area contributed by atoms with Gasteiger partial charge >= 0.3 is 17.9 Å². The highest BCUT2D eigenvalue weighted by atomic mass is 32.2. The third-order valence-electron chi connectivity index (χ3n) is 7.78. The zero-order valence-electron chi connectivity index (χ0n) is 21.2. The molecule has 7 heteroatoms. The number of esters is 3. The average Bonchev–Trinajstić information content (AvgIpc) is 3.55. The van der Waals surface area contributed by atoms with E-state index in [1.54, 1.807) is 26.0 Å². The van der Waals surface area contributed by atoms with Crippen LogP contribution in [0.3, 0.4) is 0 Å². The highest BCUT2D eigenvalue weighted by Gasteiger charge is 2.70. The first-order valence-corrected chi connectivity index (χ1v) is 14.2. The molecule has 3 fully saturated rings. The molecule has 6 unspecified atom stereocenters. The maximum atomic E-state index is 13.4. The number of hydrogen-bond acceptors (Lipinski definition) is 6. The molecule has 1 aliphatic heterocycles. The summed E-state index contributed by atoms with van der Waals surface area (Å²) in [7, 11) is -0.310. The van der Waals surface area contributed by atoms with Crippen molar-refractivity contribution in [3.63, 3.8) is 0 Å². The van der Waals surface area contributed by atoms with E-state index in [0.717, 1.165) is 4.90 Å². The van der Waals surface area contributed by atoms with Crippen LogP contribution in [0.15, 0.2) is 99.6 Å². The lowest BCUT2D eigenvalue weighted by atomic mass is 9.78. The van der Waals surface area contributed by atoms with Gasteiger partial charge in [-0.25, -0.2) is 0 Å². The second-order valence-electron chi connectivity index (χ2n) is 10.4. The monoisotopic (exact) mass is 529 g/mol. The van der Waals surface area contributed by atoms with Crippen molar-refractivity contribution in [2.75, 3.05) is 0 Å². The van der Waals surface area contributed by atoms with Crippen molar-refractivity contribution in [3.05, 3.63) is 84.9 Å². The number of fused-ring (bicyclic) bond motifs is 1. The Morgan fingerprint density at radius 2 is 1.42 bits per heavy atom. The van der Waals surface area contributed by atoms with Crippen molar-refractivity contribution in [2.24, 2.45) is 29.6 Å². The molecule has 6 rings (SSSR count). The van der Waals surface area contributed by atoms with Crippen LogP contribution in [0.25, 0.3) is 0 Å². The largest absolute Gasteiger partial charge is 0.458 e. The number of ether oxygens (including phenoxy) is 3. The van der Waals surface area contributed by atoms with E-state index >= 15 is 0 Å². The van der Waals surface area contributed by atoms with E-state index in [0.29, 0.717) is 12.2 Å². The van der Waals surface area contributed by atoms with Gasteiger partial charge < -0.3 is 14.2 Å². The Labute approximate surface area is 224 Å². The van der Waals surface area contributed by atoms with Gasteiger partial charge in [0.1, 0.15) is 18.0 Å². The van der Waals surface area contributed by atoms with Crippen LogP contribution in [0.5, 0.6) is 5.75 Å². The van der Waals surface area contributed by atoms with Crippen LogP contribution in [0, 0.1) is 29.6 Å². The van der Waals surface area contributed by atoms with Gasteiger partial charge in [0.15, 0.2) is 14.7 Å². The molecule has 0 amide bonds. The predicted octanol–water partition coefficient (Wildman–Crippen LogP) is 5.06. The molecule has 3 aromatic carbocycles. The summed E-state index contributed by atoms with van der Waals surface area (Å²) in [6.45, 7) is 3.52. The van der Waals surface area contributed by atoms with Crippen molar-refractivity contribution in [2.45, 2.75) is 47.2 Å². The third-order valence-corrected chi connectivity index (χ3v) is 10.0. The SMILES string of the molecule is CC(C)C(=O)OC1C2CC3C1OC(=O)C3C2C(=O)Oc1ccc([S+](c2ccccc2)c2ccccc2)cc1. The third kappa shape index (κ3) is 4.29. The molecule has 2 bridgehead atoms. The van der Waals surface area contributed by atoms with Crippen molar-refractivity contribution in [1.82, 2.24) is 0 Å². The Balaban J connectivity index is 1.22. The fourth-order valence-electron chi connectivity index (χ4n) is 6.09. The minimum Gasteiger partial charge on any atom is -0.458 e. The van der Waals surface area contributed by atoms with Crippen LogP contribution in [-0.4, -0.2) is 30.1 Å². The van der Waals surface area contributed by atoms with Gasteiger partial charge in [-0.05, 0) is 55.0 Å². The molecular weight excluding hydrogens is 500 g/mol. The molecule has 0 aromatic heterocycles. The minimum absolute atomic E-state index is 0.115. The lowest BCUT2D eigenvalue weighted by molar-refractivity contribution is -0.166. The second kappa shape index (κ2) is 9.95. The summed E-state index contributed by atoms with van der Waals surface area (Å²) in [6.07, 6.45) is -0.444. The quantitative estimate of drug-likeness (QED) is 0.242. The van der Waals surface area contributed by atoms with Crippen LogP contribution in [0.2, 0.25) is 0 Å². The maximum absolute atomic E-state index is 13.4. The Bertz CT molecular complexity index is 1300. The number of carbonyl (C=O) groups excluding carboxylic acids is 3. The fraction of sp³-hybridized carbons (Fsp3) is 0.323. The van der Waals surface area contributed by atoms with Crippen LogP contribution < -0.4 is 4.74 Å². The van der Waals surface area contributed by atoms with E-state index in [4.69, 9.17) is 14.2 Å². The van der Waals surface area contributed by atoms with Gasteiger partial charge in [-0.3, -0.25) is 14.4 Å². The molecule has 1 heterocycles. The van der Waals surface area contributed by atoms with Gasteiger partial charge in [0.25, 0.3) is 0 Å². The van der Waals surface area contributed by atoms with Crippen LogP contribution in [0.1, 0.15) is 20.3 Å². The van der Waals surface area contributed by atoms with E-state index in [2.05, 4.69) is 24.3 Å². The van der Waals surface area contributed by atoms with Gasteiger partial charge in [0, 0.05) is 11.8 Å². The number of hydrogen-bond donors (Lipinski definition) is 0.